The van der Waals surface area contributed by atoms with Gasteiger partial charge in [-0.3, -0.25) is 0 Å². The van der Waals surface area contributed by atoms with Gasteiger partial charge in [0.15, 0.2) is 0 Å². The van der Waals surface area contributed by atoms with E-state index in [1.165, 1.54) is 19.1 Å². The van der Waals surface area contributed by atoms with Gasteiger partial charge >= 0.3 is 0 Å². The van der Waals surface area contributed by atoms with Crippen LogP contribution in [0.2, 0.25) is 0 Å². The summed E-state index contributed by atoms with van der Waals surface area (Å²) in [5.41, 5.74) is 0.362. The summed E-state index contributed by atoms with van der Waals surface area (Å²) in [4.78, 5) is 0. The second-order valence-electron chi connectivity index (χ2n) is 4.68. The molecule has 4 heteroatoms. The SMILES string of the molecule is CCNC(CCS(C)(=O)=O)C1(C)CC1. The lowest BCUT2D eigenvalue weighted by atomic mass is 9.96. The topological polar surface area (TPSA) is 46.2 Å². The first-order valence-corrected chi connectivity index (χ1v) is 7.34. The van der Waals surface area contributed by atoms with E-state index in [2.05, 4.69) is 19.2 Å². The quantitative estimate of drug-likeness (QED) is 0.730. The van der Waals surface area contributed by atoms with Gasteiger partial charge in [-0.25, -0.2) is 8.42 Å². The average molecular weight is 219 g/mol. The second-order valence-corrected chi connectivity index (χ2v) is 6.94. The van der Waals surface area contributed by atoms with Gasteiger partial charge in [-0.05, 0) is 31.2 Å². The van der Waals surface area contributed by atoms with Gasteiger partial charge in [0.05, 0.1) is 5.75 Å². The van der Waals surface area contributed by atoms with Gasteiger partial charge in [-0.15, -0.1) is 0 Å². The Bertz CT molecular complexity index is 280. The first-order valence-electron chi connectivity index (χ1n) is 5.28. The molecule has 0 aliphatic heterocycles. The van der Waals surface area contributed by atoms with Crippen LogP contribution in [-0.4, -0.2) is 33.0 Å². The molecule has 0 spiro atoms. The van der Waals surface area contributed by atoms with Gasteiger partial charge in [0, 0.05) is 12.3 Å². The molecule has 1 aliphatic rings. The van der Waals surface area contributed by atoms with Crippen molar-refractivity contribution < 1.29 is 8.42 Å². The van der Waals surface area contributed by atoms with Crippen molar-refractivity contribution in [3.05, 3.63) is 0 Å². The third-order valence-electron chi connectivity index (χ3n) is 3.11. The van der Waals surface area contributed by atoms with E-state index in [0.29, 0.717) is 17.2 Å². The van der Waals surface area contributed by atoms with E-state index in [9.17, 15) is 8.42 Å². The van der Waals surface area contributed by atoms with E-state index in [1.54, 1.807) is 0 Å². The highest BCUT2D eigenvalue weighted by Crippen LogP contribution is 2.49. The van der Waals surface area contributed by atoms with Crippen molar-refractivity contribution in [3.63, 3.8) is 0 Å². The van der Waals surface area contributed by atoms with Crippen LogP contribution in [-0.2, 0) is 9.84 Å². The van der Waals surface area contributed by atoms with Crippen molar-refractivity contribution in [2.45, 2.75) is 39.2 Å². The first-order chi connectivity index (χ1) is 6.37. The van der Waals surface area contributed by atoms with Crippen LogP contribution in [0.5, 0.6) is 0 Å². The number of hydrogen-bond donors (Lipinski definition) is 1. The van der Waals surface area contributed by atoms with Gasteiger partial charge in [-0.1, -0.05) is 13.8 Å². The fourth-order valence-electron chi connectivity index (χ4n) is 1.82. The van der Waals surface area contributed by atoms with Crippen LogP contribution in [0, 0.1) is 5.41 Å². The zero-order valence-electron chi connectivity index (χ0n) is 9.34. The normalized spacial score (nSPS) is 21.9. The maximum absolute atomic E-state index is 11.1. The van der Waals surface area contributed by atoms with Crippen molar-refractivity contribution >= 4 is 9.84 Å². The van der Waals surface area contributed by atoms with Crippen LogP contribution in [0.25, 0.3) is 0 Å². The van der Waals surface area contributed by atoms with Gasteiger partial charge < -0.3 is 5.32 Å². The molecule has 84 valence electrons. The van der Waals surface area contributed by atoms with Crippen molar-refractivity contribution in [1.82, 2.24) is 5.32 Å². The highest BCUT2D eigenvalue weighted by Gasteiger charge is 2.44. The van der Waals surface area contributed by atoms with E-state index in [-0.39, 0.29) is 0 Å². The predicted octanol–water partition coefficient (Wildman–Crippen LogP) is 1.20. The first kappa shape index (κ1) is 12.0. The summed E-state index contributed by atoms with van der Waals surface area (Å²) >= 11 is 0. The molecule has 1 N–H and O–H groups in total. The number of rotatable bonds is 6. The Morgan fingerprint density at radius 1 is 1.43 bits per heavy atom. The summed E-state index contributed by atoms with van der Waals surface area (Å²) in [6.45, 7) is 5.23. The molecule has 1 saturated carbocycles. The number of nitrogens with one attached hydrogen (secondary N) is 1. The van der Waals surface area contributed by atoms with Gasteiger partial charge in [0.2, 0.25) is 0 Å². The molecule has 0 amide bonds. The molecule has 0 aromatic carbocycles. The van der Waals surface area contributed by atoms with Crippen LogP contribution in [0.1, 0.15) is 33.1 Å². The Balaban J connectivity index is 2.44. The molecule has 1 fully saturated rings. The van der Waals surface area contributed by atoms with Gasteiger partial charge in [0.1, 0.15) is 9.84 Å². The number of hydrogen-bond acceptors (Lipinski definition) is 3. The molecule has 1 unspecified atom stereocenters. The minimum Gasteiger partial charge on any atom is -0.314 e. The Morgan fingerprint density at radius 3 is 2.36 bits per heavy atom. The largest absolute Gasteiger partial charge is 0.314 e. The van der Waals surface area contributed by atoms with Crippen molar-refractivity contribution in [2.75, 3.05) is 18.6 Å². The van der Waals surface area contributed by atoms with E-state index in [0.717, 1.165) is 13.0 Å². The minimum absolute atomic E-state index is 0.306. The lowest BCUT2D eigenvalue weighted by Gasteiger charge is -2.24. The van der Waals surface area contributed by atoms with Crippen molar-refractivity contribution in [1.29, 1.82) is 0 Å². The standard InChI is InChI=1S/C10H21NO2S/c1-4-11-9(10(2)6-7-10)5-8-14(3,12)13/h9,11H,4-8H2,1-3H3. The van der Waals surface area contributed by atoms with Crippen molar-refractivity contribution in [3.8, 4) is 0 Å². The van der Waals surface area contributed by atoms with E-state index >= 15 is 0 Å². The summed E-state index contributed by atoms with van der Waals surface area (Å²) in [6, 6.07) is 0.377. The highest BCUT2D eigenvalue weighted by atomic mass is 32.2. The molecule has 0 bridgehead atoms. The van der Waals surface area contributed by atoms with Crippen LogP contribution >= 0.6 is 0 Å². The molecular weight excluding hydrogens is 198 g/mol. The maximum Gasteiger partial charge on any atom is 0.147 e. The van der Waals surface area contributed by atoms with Crippen LogP contribution in [0.3, 0.4) is 0 Å². The fourth-order valence-corrected chi connectivity index (χ4v) is 2.48. The smallest absolute Gasteiger partial charge is 0.147 e. The third kappa shape index (κ3) is 3.58. The fraction of sp³-hybridized carbons (Fsp3) is 1.00. The summed E-state index contributed by atoms with van der Waals surface area (Å²) in [7, 11) is -2.81. The lowest BCUT2D eigenvalue weighted by Crippen LogP contribution is -2.37. The van der Waals surface area contributed by atoms with E-state index < -0.39 is 9.84 Å². The van der Waals surface area contributed by atoms with Gasteiger partial charge in [-0.2, -0.15) is 0 Å². The summed E-state index contributed by atoms with van der Waals surface area (Å²) in [5, 5.41) is 3.39. The van der Waals surface area contributed by atoms with Crippen LogP contribution in [0.15, 0.2) is 0 Å². The van der Waals surface area contributed by atoms with Crippen LogP contribution in [0.4, 0.5) is 0 Å². The molecule has 0 saturated heterocycles. The zero-order valence-corrected chi connectivity index (χ0v) is 10.2. The maximum atomic E-state index is 11.1. The Morgan fingerprint density at radius 2 is 2.00 bits per heavy atom. The monoisotopic (exact) mass is 219 g/mol. The molecule has 0 aromatic heterocycles. The van der Waals surface area contributed by atoms with E-state index in [1.807, 2.05) is 0 Å². The molecule has 0 radical (unpaired) electrons. The second kappa shape index (κ2) is 4.19. The molecular formula is C10H21NO2S. The molecule has 1 aliphatic carbocycles. The summed E-state index contributed by atoms with van der Waals surface area (Å²) in [6.07, 6.45) is 4.53. The Kier molecular flexibility index (Phi) is 3.58. The average Bonchev–Trinajstić information content (AvgIpc) is 2.76. The third-order valence-corrected chi connectivity index (χ3v) is 4.09. The minimum atomic E-state index is -2.81. The molecule has 1 rings (SSSR count). The van der Waals surface area contributed by atoms with Gasteiger partial charge in [0.25, 0.3) is 0 Å². The molecule has 0 heterocycles. The Labute approximate surface area is 87.2 Å². The summed E-state index contributed by atoms with van der Waals surface area (Å²) < 4.78 is 22.1. The number of sulfone groups is 1. The Hall–Kier alpha value is -0.0900. The highest BCUT2D eigenvalue weighted by molar-refractivity contribution is 7.90. The van der Waals surface area contributed by atoms with Crippen LogP contribution < -0.4 is 5.32 Å². The molecule has 1 atom stereocenters. The molecule has 3 nitrogen and oxygen atoms in total. The molecule has 0 aromatic rings. The van der Waals surface area contributed by atoms with Crippen molar-refractivity contribution in [2.24, 2.45) is 5.41 Å². The predicted molar refractivity (Wildman–Crippen MR) is 59.1 cm³/mol. The molecule has 14 heavy (non-hydrogen) atoms. The summed E-state index contributed by atoms with van der Waals surface area (Å²) in [5.74, 6) is 0.306. The zero-order chi connectivity index (χ0) is 10.8. The lowest BCUT2D eigenvalue weighted by molar-refractivity contribution is 0.354. The van der Waals surface area contributed by atoms with E-state index in [4.69, 9.17) is 0 Å².